The SMILES string of the molecule is CC1(CNCc2nccs2)CCCCC1. The predicted octanol–water partition coefficient (Wildman–Crippen LogP) is 3.20. The van der Waals surface area contributed by atoms with Crippen LogP contribution in [-0.4, -0.2) is 11.5 Å². The molecule has 1 aliphatic rings. The Morgan fingerprint density at radius 3 is 2.87 bits per heavy atom. The lowest BCUT2D eigenvalue weighted by Gasteiger charge is -2.33. The van der Waals surface area contributed by atoms with E-state index in [-0.39, 0.29) is 0 Å². The zero-order valence-corrected chi connectivity index (χ0v) is 10.3. The highest BCUT2D eigenvalue weighted by molar-refractivity contribution is 7.09. The van der Waals surface area contributed by atoms with E-state index in [1.165, 1.54) is 37.1 Å². The van der Waals surface area contributed by atoms with E-state index in [2.05, 4.69) is 17.2 Å². The minimum atomic E-state index is 0.537. The Kier molecular flexibility index (Phi) is 3.76. The molecule has 0 aliphatic heterocycles. The minimum Gasteiger partial charge on any atom is -0.310 e. The maximum absolute atomic E-state index is 4.28. The third-order valence-corrected chi connectivity index (χ3v) is 4.15. The van der Waals surface area contributed by atoms with Crippen LogP contribution in [0.3, 0.4) is 0 Å². The summed E-state index contributed by atoms with van der Waals surface area (Å²) >= 11 is 1.73. The van der Waals surface area contributed by atoms with Crippen molar-refractivity contribution in [1.29, 1.82) is 0 Å². The number of nitrogens with zero attached hydrogens (tertiary/aromatic N) is 1. The lowest BCUT2D eigenvalue weighted by Crippen LogP contribution is -2.33. The molecule has 3 heteroatoms. The van der Waals surface area contributed by atoms with Crippen molar-refractivity contribution in [3.63, 3.8) is 0 Å². The molecular formula is C12H20N2S. The summed E-state index contributed by atoms with van der Waals surface area (Å²) in [6.45, 7) is 4.50. The Balaban J connectivity index is 1.72. The highest BCUT2D eigenvalue weighted by atomic mass is 32.1. The lowest BCUT2D eigenvalue weighted by atomic mass is 9.76. The van der Waals surface area contributed by atoms with Crippen LogP contribution in [0.25, 0.3) is 0 Å². The molecule has 1 fully saturated rings. The van der Waals surface area contributed by atoms with Crippen LogP contribution in [0.1, 0.15) is 44.0 Å². The lowest BCUT2D eigenvalue weighted by molar-refractivity contribution is 0.207. The van der Waals surface area contributed by atoms with Crippen molar-refractivity contribution >= 4 is 11.3 Å². The van der Waals surface area contributed by atoms with Crippen molar-refractivity contribution in [2.24, 2.45) is 5.41 Å². The van der Waals surface area contributed by atoms with Crippen LogP contribution in [-0.2, 0) is 6.54 Å². The third-order valence-electron chi connectivity index (χ3n) is 3.37. The predicted molar refractivity (Wildman–Crippen MR) is 65.0 cm³/mol. The summed E-state index contributed by atoms with van der Waals surface area (Å²) in [5.41, 5.74) is 0.537. The second-order valence-corrected chi connectivity index (χ2v) is 5.88. The van der Waals surface area contributed by atoms with Gasteiger partial charge in [0, 0.05) is 24.7 Å². The molecule has 15 heavy (non-hydrogen) atoms. The van der Waals surface area contributed by atoms with Crippen LogP contribution >= 0.6 is 11.3 Å². The Morgan fingerprint density at radius 2 is 2.20 bits per heavy atom. The van der Waals surface area contributed by atoms with Gasteiger partial charge in [-0.15, -0.1) is 11.3 Å². The first-order chi connectivity index (χ1) is 7.29. The largest absolute Gasteiger partial charge is 0.310 e. The van der Waals surface area contributed by atoms with Crippen LogP contribution in [0.4, 0.5) is 0 Å². The number of rotatable bonds is 4. The monoisotopic (exact) mass is 224 g/mol. The maximum Gasteiger partial charge on any atom is 0.106 e. The maximum atomic E-state index is 4.28. The molecule has 0 radical (unpaired) electrons. The molecule has 1 aliphatic carbocycles. The molecule has 1 aromatic rings. The van der Waals surface area contributed by atoms with E-state index in [0.717, 1.165) is 13.1 Å². The molecule has 0 amide bonds. The van der Waals surface area contributed by atoms with Crippen molar-refractivity contribution in [1.82, 2.24) is 10.3 Å². The van der Waals surface area contributed by atoms with Gasteiger partial charge >= 0.3 is 0 Å². The van der Waals surface area contributed by atoms with Crippen LogP contribution in [0, 0.1) is 5.41 Å². The quantitative estimate of drug-likeness (QED) is 0.849. The summed E-state index contributed by atoms with van der Waals surface area (Å²) in [5, 5.41) is 6.79. The molecule has 0 saturated heterocycles. The van der Waals surface area contributed by atoms with Crippen LogP contribution < -0.4 is 5.32 Å². The Hall–Kier alpha value is -0.410. The van der Waals surface area contributed by atoms with Crippen LogP contribution in [0.5, 0.6) is 0 Å². The topological polar surface area (TPSA) is 24.9 Å². The molecule has 0 spiro atoms. The molecule has 2 rings (SSSR count). The molecule has 0 atom stereocenters. The summed E-state index contributed by atoms with van der Waals surface area (Å²) in [4.78, 5) is 4.28. The molecule has 0 bridgehead atoms. The average molecular weight is 224 g/mol. The van der Waals surface area contributed by atoms with Crippen molar-refractivity contribution in [2.45, 2.75) is 45.6 Å². The zero-order valence-electron chi connectivity index (χ0n) is 9.46. The Labute approximate surface area is 96.1 Å². The van der Waals surface area contributed by atoms with Crippen molar-refractivity contribution < 1.29 is 0 Å². The molecule has 1 heterocycles. The third kappa shape index (κ3) is 3.28. The second kappa shape index (κ2) is 5.08. The van der Waals surface area contributed by atoms with Crippen LogP contribution in [0.15, 0.2) is 11.6 Å². The summed E-state index contributed by atoms with van der Waals surface area (Å²) in [6.07, 6.45) is 8.91. The van der Waals surface area contributed by atoms with Crippen molar-refractivity contribution in [3.8, 4) is 0 Å². The number of hydrogen-bond donors (Lipinski definition) is 1. The van der Waals surface area contributed by atoms with E-state index in [0.29, 0.717) is 5.41 Å². The fourth-order valence-corrected chi connectivity index (χ4v) is 2.98. The standard InChI is InChI=1S/C12H20N2S/c1-12(5-3-2-4-6-12)10-13-9-11-14-7-8-15-11/h7-8,13H,2-6,9-10H2,1H3. The molecular weight excluding hydrogens is 204 g/mol. The first kappa shape index (κ1) is 11.1. The summed E-state index contributed by atoms with van der Waals surface area (Å²) in [6, 6.07) is 0. The summed E-state index contributed by atoms with van der Waals surface area (Å²) < 4.78 is 0. The fraction of sp³-hybridized carbons (Fsp3) is 0.750. The van der Waals surface area contributed by atoms with Gasteiger partial charge in [0.1, 0.15) is 5.01 Å². The van der Waals surface area contributed by atoms with E-state index >= 15 is 0 Å². The van der Waals surface area contributed by atoms with Gasteiger partial charge in [0.15, 0.2) is 0 Å². The summed E-state index contributed by atoms with van der Waals surface area (Å²) in [5.74, 6) is 0. The van der Waals surface area contributed by atoms with E-state index in [9.17, 15) is 0 Å². The molecule has 1 saturated carbocycles. The Morgan fingerprint density at radius 1 is 1.40 bits per heavy atom. The molecule has 0 unspecified atom stereocenters. The minimum absolute atomic E-state index is 0.537. The van der Waals surface area contributed by atoms with E-state index < -0.39 is 0 Å². The van der Waals surface area contributed by atoms with E-state index in [4.69, 9.17) is 0 Å². The number of thiazole rings is 1. The highest BCUT2D eigenvalue weighted by Crippen LogP contribution is 2.34. The first-order valence-electron chi connectivity index (χ1n) is 5.88. The summed E-state index contributed by atoms with van der Waals surface area (Å²) in [7, 11) is 0. The van der Waals surface area contributed by atoms with Crippen molar-refractivity contribution in [3.05, 3.63) is 16.6 Å². The fourth-order valence-electron chi connectivity index (χ4n) is 2.39. The van der Waals surface area contributed by atoms with Gasteiger partial charge in [-0.1, -0.05) is 26.2 Å². The van der Waals surface area contributed by atoms with Gasteiger partial charge < -0.3 is 5.32 Å². The van der Waals surface area contributed by atoms with Gasteiger partial charge in [0.05, 0.1) is 0 Å². The second-order valence-electron chi connectivity index (χ2n) is 4.90. The smallest absolute Gasteiger partial charge is 0.106 e. The highest BCUT2D eigenvalue weighted by Gasteiger charge is 2.25. The van der Waals surface area contributed by atoms with E-state index in [1.807, 2.05) is 11.6 Å². The normalized spacial score (nSPS) is 20.3. The van der Waals surface area contributed by atoms with Gasteiger partial charge in [-0.25, -0.2) is 4.98 Å². The van der Waals surface area contributed by atoms with Gasteiger partial charge in [0.25, 0.3) is 0 Å². The molecule has 84 valence electrons. The average Bonchev–Trinajstić information content (AvgIpc) is 2.71. The van der Waals surface area contributed by atoms with Gasteiger partial charge in [0.2, 0.25) is 0 Å². The molecule has 2 nitrogen and oxygen atoms in total. The number of aromatic nitrogens is 1. The van der Waals surface area contributed by atoms with E-state index in [1.54, 1.807) is 11.3 Å². The van der Waals surface area contributed by atoms with Gasteiger partial charge in [-0.3, -0.25) is 0 Å². The molecule has 0 aromatic carbocycles. The molecule has 1 aromatic heterocycles. The number of hydrogen-bond acceptors (Lipinski definition) is 3. The number of nitrogens with one attached hydrogen (secondary N) is 1. The first-order valence-corrected chi connectivity index (χ1v) is 6.76. The molecule has 1 N–H and O–H groups in total. The van der Waals surface area contributed by atoms with Gasteiger partial charge in [-0.2, -0.15) is 0 Å². The van der Waals surface area contributed by atoms with Crippen molar-refractivity contribution in [2.75, 3.05) is 6.54 Å². The zero-order chi connectivity index (χ0) is 10.6. The van der Waals surface area contributed by atoms with Crippen LogP contribution in [0.2, 0.25) is 0 Å². The van der Waals surface area contributed by atoms with Gasteiger partial charge in [-0.05, 0) is 18.3 Å². The Bertz CT molecular complexity index is 276.